The van der Waals surface area contributed by atoms with Gasteiger partial charge >= 0.3 is 0 Å². The van der Waals surface area contributed by atoms with Crippen LogP contribution in [0.5, 0.6) is 0 Å². The van der Waals surface area contributed by atoms with Gasteiger partial charge in [-0.05, 0) is 35.4 Å². The first-order chi connectivity index (χ1) is 14.5. The smallest absolute Gasteiger partial charge is 0.222 e. The number of nitrogens with one attached hydrogen (secondary N) is 2. The highest BCUT2D eigenvalue weighted by Gasteiger charge is 2.25. The number of carbonyl (C=O) groups excluding carboxylic acids is 1. The lowest BCUT2D eigenvalue weighted by molar-refractivity contribution is -0.114. The maximum atomic E-state index is 11.4. The number of anilines is 1. The van der Waals surface area contributed by atoms with E-state index in [2.05, 4.69) is 30.3 Å². The van der Waals surface area contributed by atoms with Gasteiger partial charge in [-0.25, -0.2) is 9.83 Å². The van der Waals surface area contributed by atoms with E-state index in [9.17, 15) is 4.79 Å². The Kier molecular flexibility index (Phi) is 5.50. The van der Waals surface area contributed by atoms with Crippen molar-refractivity contribution in [3.05, 3.63) is 64.3 Å². The van der Waals surface area contributed by atoms with Crippen LogP contribution in [-0.4, -0.2) is 26.1 Å². The molecule has 0 aliphatic heterocycles. The summed E-state index contributed by atoms with van der Waals surface area (Å²) in [5.74, 6) is 0.692. The Bertz CT molecular complexity index is 1290. The summed E-state index contributed by atoms with van der Waals surface area (Å²) in [6.07, 6.45) is 3.05. The van der Waals surface area contributed by atoms with Crippen LogP contribution in [0.4, 0.5) is 11.5 Å². The van der Waals surface area contributed by atoms with Crippen LogP contribution in [0.1, 0.15) is 6.92 Å². The van der Waals surface area contributed by atoms with Gasteiger partial charge in [-0.3, -0.25) is 4.79 Å². The number of carbonyl (C=O) groups is 1. The van der Waals surface area contributed by atoms with E-state index >= 15 is 0 Å². The number of hydrogen-bond acceptors (Lipinski definition) is 5. The summed E-state index contributed by atoms with van der Waals surface area (Å²) in [4.78, 5) is 23.8. The molecule has 0 radical (unpaired) electrons. The summed E-state index contributed by atoms with van der Waals surface area (Å²) in [5, 5.41) is 11.6. The number of pyridine rings is 1. The maximum Gasteiger partial charge on any atom is 0.222 e. The summed E-state index contributed by atoms with van der Waals surface area (Å²) >= 11 is 13.9. The average Bonchev–Trinajstić information content (AvgIpc) is 3.35. The Hall–Kier alpha value is -3.25. The van der Waals surface area contributed by atoms with E-state index in [1.54, 1.807) is 36.5 Å². The first-order valence-electron chi connectivity index (χ1n) is 8.58. The van der Waals surface area contributed by atoms with E-state index in [4.69, 9.17) is 29.8 Å². The second-order valence-electron chi connectivity index (χ2n) is 6.17. The Morgan fingerprint density at radius 3 is 2.73 bits per heavy atom. The molecule has 0 aliphatic carbocycles. The van der Waals surface area contributed by atoms with Crippen LogP contribution in [0.25, 0.3) is 37.1 Å². The fourth-order valence-corrected chi connectivity index (χ4v) is 4.67. The standard InChI is InChI=1S/C20H12Cl2N6OS/c1-10(29)27-15-7-11(5-6-24-15)18-17(23-2)16(13-4-3-12(21)8-14(13)22)19(30-18)20-25-9-26-28-20/h3-9H,1H3,(H,24,27,29)(H,25,26,28). The molecule has 2 N–H and O–H groups in total. The molecule has 3 heterocycles. The van der Waals surface area contributed by atoms with Crippen LogP contribution in [0.2, 0.25) is 10.0 Å². The van der Waals surface area contributed by atoms with Crippen LogP contribution < -0.4 is 5.32 Å². The van der Waals surface area contributed by atoms with Gasteiger partial charge in [0.2, 0.25) is 11.6 Å². The number of benzene rings is 1. The molecule has 3 aromatic heterocycles. The molecule has 148 valence electrons. The third kappa shape index (κ3) is 3.78. The van der Waals surface area contributed by atoms with Crippen LogP contribution in [0.15, 0.2) is 42.9 Å². The normalized spacial score (nSPS) is 10.6. The quantitative estimate of drug-likeness (QED) is 0.365. The number of thiophene rings is 1. The van der Waals surface area contributed by atoms with Gasteiger partial charge in [-0.2, -0.15) is 0 Å². The van der Waals surface area contributed by atoms with E-state index in [0.29, 0.717) is 43.4 Å². The second-order valence-corrected chi connectivity index (χ2v) is 8.03. The topological polar surface area (TPSA) is 87.9 Å². The summed E-state index contributed by atoms with van der Waals surface area (Å²) in [6.45, 7) is 9.28. The summed E-state index contributed by atoms with van der Waals surface area (Å²) in [7, 11) is 0. The first kappa shape index (κ1) is 20.0. The molecule has 4 rings (SSSR count). The molecule has 1 amide bonds. The fraction of sp³-hybridized carbons (Fsp3) is 0.0500. The molecule has 7 nitrogen and oxygen atoms in total. The first-order valence-corrected chi connectivity index (χ1v) is 10.1. The second kappa shape index (κ2) is 8.24. The van der Waals surface area contributed by atoms with Gasteiger partial charge in [0.25, 0.3) is 0 Å². The van der Waals surface area contributed by atoms with Gasteiger partial charge in [-0.15, -0.1) is 21.5 Å². The van der Waals surface area contributed by atoms with E-state index in [0.717, 1.165) is 10.4 Å². The van der Waals surface area contributed by atoms with Gasteiger partial charge in [0.05, 0.1) is 11.4 Å². The van der Waals surface area contributed by atoms with Crippen LogP contribution in [0, 0.1) is 6.57 Å². The van der Waals surface area contributed by atoms with Crippen molar-refractivity contribution in [2.75, 3.05) is 5.32 Å². The average molecular weight is 455 g/mol. The van der Waals surface area contributed by atoms with Crippen LogP contribution >= 0.6 is 34.5 Å². The molecule has 1 aromatic carbocycles. The van der Waals surface area contributed by atoms with Gasteiger partial charge in [0, 0.05) is 33.6 Å². The Morgan fingerprint density at radius 2 is 2.07 bits per heavy atom. The van der Waals surface area contributed by atoms with Crippen molar-refractivity contribution >= 4 is 52.0 Å². The number of halogens is 2. The molecule has 0 fully saturated rings. The fourth-order valence-electron chi connectivity index (χ4n) is 2.97. The van der Waals surface area contributed by atoms with E-state index in [-0.39, 0.29) is 5.91 Å². The summed E-state index contributed by atoms with van der Waals surface area (Å²) in [6, 6.07) is 8.64. The van der Waals surface area contributed by atoms with Gasteiger partial charge < -0.3 is 10.3 Å². The monoisotopic (exact) mass is 454 g/mol. The zero-order chi connectivity index (χ0) is 21.3. The van der Waals surface area contributed by atoms with E-state index < -0.39 is 0 Å². The van der Waals surface area contributed by atoms with Crippen molar-refractivity contribution in [3.8, 4) is 32.3 Å². The van der Waals surface area contributed by atoms with Crippen molar-refractivity contribution < 1.29 is 4.79 Å². The zero-order valence-corrected chi connectivity index (χ0v) is 17.7. The molecule has 0 unspecified atom stereocenters. The number of rotatable bonds is 4. The third-order valence-electron chi connectivity index (χ3n) is 4.15. The lowest BCUT2D eigenvalue weighted by atomic mass is 10.0. The van der Waals surface area contributed by atoms with Gasteiger partial charge in [-0.1, -0.05) is 29.3 Å². The molecule has 0 aliphatic rings. The molecular weight excluding hydrogens is 443 g/mol. The minimum absolute atomic E-state index is 0.229. The highest BCUT2D eigenvalue weighted by atomic mass is 35.5. The van der Waals surface area contributed by atoms with E-state index in [1.807, 2.05) is 0 Å². The lowest BCUT2D eigenvalue weighted by Gasteiger charge is -2.07. The van der Waals surface area contributed by atoms with Crippen molar-refractivity contribution in [2.45, 2.75) is 6.92 Å². The molecule has 0 saturated heterocycles. The zero-order valence-electron chi connectivity index (χ0n) is 15.4. The van der Waals surface area contributed by atoms with Crippen LogP contribution in [0.3, 0.4) is 0 Å². The lowest BCUT2D eigenvalue weighted by Crippen LogP contribution is -2.07. The van der Waals surface area contributed by atoms with Gasteiger partial charge in [0.1, 0.15) is 12.1 Å². The number of hydrogen-bond donors (Lipinski definition) is 2. The third-order valence-corrected chi connectivity index (χ3v) is 5.94. The predicted octanol–water partition coefficient (Wildman–Crippen LogP) is 6.08. The Balaban J connectivity index is 1.98. The molecule has 0 saturated carbocycles. The van der Waals surface area contributed by atoms with Crippen molar-refractivity contribution in [3.63, 3.8) is 0 Å². The highest BCUT2D eigenvalue weighted by Crippen LogP contribution is 2.53. The summed E-state index contributed by atoms with van der Waals surface area (Å²) in [5.41, 5.74) is 2.45. The molecule has 10 heteroatoms. The van der Waals surface area contributed by atoms with Crippen molar-refractivity contribution in [1.82, 2.24) is 20.2 Å². The number of amides is 1. The molecular formula is C20H12Cl2N6OS. The SMILES string of the molecule is [C-]#[N+]c1c(-c2ccnc(NC(C)=O)c2)sc(-c2nnc[nH]2)c1-c1ccc(Cl)cc1Cl. The number of nitrogens with zero attached hydrogens (tertiary/aromatic N) is 4. The van der Waals surface area contributed by atoms with Crippen molar-refractivity contribution in [1.29, 1.82) is 0 Å². The predicted molar refractivity (Wildman–Crippen MR) is 119 cm³/mol. The number of aromatic nitrogens is 4. The maximum absolute atomic E-state index is 11.4. The molecule has 0 atom stereocenters. The van der Waals surface area contributed by atoms with Gasteiger partial charge in [0.15, 0.2) is 5.82 Å². The highest BCUT2D eigenvalue weighted by molar-refractivity contribution is 7.20. The van der Waals surface area contributed by atoms with Crippen LogP contribution in [-0.2, 0) is 4.79 Å². The minimum atomic E-state index is -0.229. The Labute approximate surface area is 185 Å². The largest absolute Gasteiger partial charge is 0.327 e. The molecule has 4 aromatic rings. The number of aromatic amines is 1. The Morgan fingerprint density at radius 1 is 1.23 bits per heavy atom. The minimum Gasteiger partial charge on any atom is -0.327 e. The van der Waals surface area contributed by atoms with E-state index in [1.165, 1.54) is 24.6 Å². The summed E-state index contributed by atoms with van der Waals surface area (Å²) < 4.78 is 0. The molecule has 0 spiro atoms. The number of H-pyrrole nitrogens is 1. The molecule has 0 bridgehead atoms. The molecule has 30 heavy (non-hydrogen) atoms. The van der Waals surface area contributed by atoms with Crippen molar-refractivity contribution in [2.24, 2.45) is 0 Å².